The van der Waals surface area contributed by atoms with Crippen molar-refractivity contribution in [2.24, 2.45) is 4.99 Å². The van der Waals surface area contributed by atoms with Crippen LogP contribution in [0.3, 0.4) is 0 Å². The van der Waals surface area contributed by atoms with Gasteiger partial charge in [0.05, 0.1) is 13.7 Å². The van der Waals surface area contributed by atoms with Gasteiger partial charge in [-0.25, -0.2) is 0 Å². The zero-order chi connectivity index (χ0) is 8.55. The van der Waals surface area contributed by atoms with Gasteiger partial charge in [0.1, 0.15) is 5.75 Å². The molecule has 1 aliphatic heterocycles. The predicted octanol–water partition coefficient (Wildman–Crippen LogP) is 2.39. The Hall–Kier alpha value is -0.830. The van der Waals surface area contributed by atoms with E-state index in [0.717, 1.165) is 22.3 Å². The van der Waals surface area contributed by atoms with Crippen molar-refractivity contribution in [1.82, 2.24) is 0 Å². The number of benzene rings is 1. The molecule has 0 aliphatic carbocycles. The summed E-state index contributed by atoms with van der Waals surface area (Å²) >= 11 is 3.41. The number of aliphatic imine (C=N–C) groups is 1. The third-order valence-corrected chi connectivity index (χ3v) is 2.37. The highest BCUT2D eigenvalue weighted by atomic mass is 79.9. The lowest BCUT2D eigenvalue weighted by molar-refractivity contribution is 0.410. The van der Waals surface area contributed by atoms with Crippen LogP contribution < -0.4 is 4.74 Å². The molecule has 0 bridgehead atoms. The first-order valence-electron chi connectivity index (χ1n) is 3.67. The first kappa shape index (κ1) is 7.80. The van der Waals surface area contributed by atoms with Crippen molar-refractivity contribution in [3.8, 4) is 5.75 Å². The van der Waals surface area contributed by atoms with E-state index in [9.17, 15) is 0 Å². The summed E-state index contributed by atoms with van der Waals surface area (Å²) in [6.07, 6.45) is 1.88. The van der Waals surface area contributed by atoms with Gasteiger partial charge < -0.3 is 4.74 Å². The van der Waals surface area contributed by atoms with Gasteiger partial charge in [0.15, 0.2) is 0 Å². The number of hydrogen-bond donors (Lipinski definition) is 0. The Balaban J connectivity index is 2.59. The second kappa shape index (κ2) is 2.90. The molecule has 1 aliphatic rings. The predicted molar refractivity (Wildman–Crippen MR) is 52.0 cm³/mol. The van der Waals surface area contributed by atoms with E-state index in [1.54, 1.807) is 7.11 Å². The van der Waals surface area contributed by atoms with Gasteiger partial charge in [0.2, 0.25) is 0 Å². The molecule has 3 heteroatoms. The molecule has 1 aromatic carbocycles. The van der Waals surface area contributed by atoms with Gasteiger partial charge in [-0.05, 0) is 12.1 Å². The number of hydrogen-bond acceptors (Lipinski definition) is 2. The van der Waals surface area contributed by atoms with Crippen LogP contribution in [0.1, 0.15) is 11.1 Å². The summed E-state index contributed by atoms with van der Waals surface area (Å²) in [5.74, 6) is 0.914. The van der Waals surface area contributed by atoms with E-state index >= 15 is 0 Å². The molecule has 0 N–H and O–H groups in total. The molecule has 2 rings (SSSR count). The maximum atomic E-state index is 5.23. The Morgan fingerprint density at radius 2 is 2.33 bits per heavy atom. The van der Waals surface area contributed by atoms with Crippen LogP contribution in [0.5, 0.6) is 5.75 Å². The summed E-state index contributed by atoms with van der Waals surface area (Å²) < 4.78 is 6.26. The molecule has 1 aromatic rings. The maximum absolute atomic E-state index is 5.23. The zero-order valence-electron chi connectivity index (χ0n) is 6.67. The normalized spacial score (nSPS) is 13.2. The van der Waals surface area contributed by atoms with E-state index in [2.05, 4.69) is 20.9 Å². The van der Waals surface area contributed by atoms with Crippen molar-refractivity contribution >= 4 is 22.1 Å². The number of nitrogens with zero attached hydrogens (tertiary/aromatic N) is 1. The molecular weight excluding hydrogens is 218 g/mol. The molecule has 0 saturated carbocycles. The molecule has 0 fully saturated rings. The van der Waals surface area contributed by atoms with Gasteiger partial charge >= 0.3 is 0 Å². The molecule has 2 nitrogen and oxygen atoms in total. The second-order valence-electron chi connectivity index (χ2n) is 2.65. The second-order valence-corrected chi connectivity index (χ2v) is 3.56. The highest BCUT2D eigenvalue weighted by Gasteiger charge is 2.12. The van der Waals surface area contributed by atoms with Gasteiger partial charge in [-0.15, -0.1) is 0 Å². The van der Waals surface area contributed by atoms with Crippen molar-refractivity contribution < 1.29 is 4.74 Å². The Labute approximate surface area is 79.4 Å². The molecule has 0 radical (unpaired) electrons. The van der Waals surface area contributed by atoms with Crippen LogP contribution >= 0.6 is 15.9 Å². The Morgan fingerprint density at radius 1 is 1.50 bits per heavy atom. The minimum Gasteiger partial charge on any atom is -0.496 e. The maximum Gasteiger partial charge on any atom is 0.125 e. The van der Waals surface area contributed by atoms with Crippen LogP contribution in [-0.2, 0) is 6.54 Å². The van der Waals surface area contributed by atoms with E-state index in [0.29, 0.717) is 0 Å². The first-order valence-corrected chi connectivity index (χ1v) is 4.47. The molecule has 0 aromatic heterocycles. The molecule has 62 valence electrons. The molecular formula is C9H8BrNO. The van der Waals surface area contributed by atoms with Crippen molar-refractivity contribution in [3.63, 3.8) is 0 Å². The molecule has 0 saturated heterocycles. The van der Waals surface area contributed by atoms with E-state index in [4.69, 9.17) is 4.74 Å². The molecule has 1 heterocycles. The van der Waals surface area contributed by atoms with Crippen LogP contribution in [0.15, 0.2) is 21.6 Å². The number of halogens is 1. The summed E-state index contributed by atoms with van der Waals surface area (Å²) in [7, 11) is 1.68. The molecule has 0 spiro atoms. The fraction of sp³-hybridized carbons (Fsp3) is 0.222. The first-order chi connectivity index (χ1) is 5.81. The van der Waals surface area contributed by atoms with Crippen molar-refractivity contribution in [3.05, 3.63) is 27.7 Å². The minimum absolute atomic E-state index is 0.742. The SMILES string of the molecule is COc1cc(Br)cc2c1CN=C2. The zero-order valence-corrected chi connectivity index (χ0v) is 8.26. The summed E-state index contributed by atoms with van der Waals surface area (Å²) in [6.45, 7) is 0.742. The third-order valence-electron chi connectivity index (χ3n) is 1.91. The van der Waals surface area contributed by atoms with E-state index in [-0.39, 0.29) is 0 Å². The van der Waals surface area contributed by atoms with Crippen LogP contribution in [0, 0.1) is 0 Å². The van der Waals surface area contributed by atoms with Crippen LogP contribution in [0.2, 0.25) is 0 Å². The molecule has 0 amide bonds. The standard InChI is InChI=1S/C9H8BrNO/c1-12-9-3-7(10)2-6-4-11-5-8(6)9/h2-4H,5H2,1H3. The van der Waals surface area contributed by atoms with Gasteiger partial charge in [-0.1, -0.05) is 15.9 Å². The minimum atomic E-state index is 0.742. The summed E-state index contributed by atoms with van der Waals surface area (Å²) in [5.41, 5.74) is 2.34. The largest absolute Gasteiger partial charge is 0.496 e. The fourth-order valence-corrected chi connectivity index (χ4v) is 1.79. The Morgan fingerprint density at radius 3 is 3.08 bits per heavy atom. The lowest BCUT2D eigenvalue weighted by Gasteiger charge is -2.06. The summed E-state index contributed by atoms with van der Waals surface area (Å²) in [6, 6.07) is 4.02. The van der Waals surface area contributed by atoms with E-state index < -0.39 is 0 Å². The van der Waals surface area contributed by atoms with E-state index in [1.807, 2.05) is 18.3 Å². The average molecular weight is 226 g/mol. The quantitative estimate of drug-likeness (QED) is 0.720. The number of rotatable bonds is 1. The summed E-state index contributed by atoms with van der Waals surface area (Å²) in [4.78, 5) is 4.18. The van der Waals surface area contributed by atoms with E-state index in [1.165, 1.54) is 5.56 Å². The Bertz CT molecular complexity index is 347. The average Bonchev–Trinajstić information content (AvgIpc) is 2.50. The molecule has 0 unspecified atom stereocenters. The van der Waals surface area contributed by atoms with Crippen LogP contribution in [0.4, 0.5) is 0 Å². The summed E-state index contributed by atoms with van der Waals surface area (Å²) in [5, 5.41) is 0. The molecule has 0 atom stereocenters. The monoisotopic (exact) mass is 225 g/mol. The fourth-order valence-electron chi connectivity index (χ4n) is 1.33. The van der Waals surface area contributed by atoms with Crippen LogP contribution in [0.25, 0.3) is 0 Å². The number of methoxy groups -OCH3 is 1. The molecule has 12 heavy (non-hydrogen) atoms. The smallest absolute Gasteiger partial charge is 0.125 e. The third kappa shape index (κ3) is 1.14. The van der Waals surface area contributed by atoms with Gasteiger partial charge in [-0.3, -0.25) is 4.99 Å². The number of fused-ring (bicyclic) bond motifs is 1. The van der Waals surface area contributed by atoms with Crippen molar-refractivity contribution in [2.75, 3.05) is 7.11 Å². The topological polar surface area (TPSA) is 21.6 Å². The van der Waals surface area contributed by atoms with Gasteiger partial charge in [-0.2, -0.15) is 0 Å². The highest BCUT2D eigenvalue weighted by Crippen LogP contribution is 2.29. The van der Waals surface area contributed by atoms with Gasteiger partial charge in [0.25, 0.3) is 0 Å². The lowest BCUT2D eigenvalue weighted by Crippen LogP contribution is -1.91. The Kier molecular flexibility index (Phi) is 1.89. The number of ether oxygens (including phenoxy) is 1. The van der Waals surface area contributed by atoms with Gasteiger partial charge in [0, 0.05) is 21.8 Å². The van der Waals surface area contributed by atoms with Crippen molar-refractivity contribution in [1.29, 1.82) is 0 Å². The van der Waals surface area contributed by atoms with Crippen LogP contribution in [-0.4, -0.2) is 13.3 Å². The van der Waals surface area contributed by atoms with Crippen molar-refractivity contribution in [2.45, 2.75) is 6.54 Å². The lowest BCUT2D eigenvalue weighted by atomic mass is 10.1. The highest BCUT2D eigenvalue weighted by molar-refractivity contribution is 9.10.